The summed E-state index contributed by atoms with van der Waals surface area (Å²) in [7, 11) is -0.708. The Morgan fingerprint density at radius 1 is 0.952 bits per heavy atom. The molecule has 0 saturated carbocycles. The van der Waals surface area contributed by atoms with E-state index in [1.54, 1.807) is 4.90 Å². The topological polar surface area (TPSA) is 81.2 Å². The number of aryl methyl sites for hydroxylation is 1. The van der Waals surface area contributed by atoms with Gasteiger partial charge in [-0.2, -0.15) is 26.3 Å². The van der Waals surface area contributed by atoms with Crippen LogP contribution in [0.15, 0.2) is 47.4 Å². The highest BCUT2D eigenvalue weighted by atomic mass is 32.2. The van der Waals surface area contributed by atoms with E-state index in [1.165, 1.54) is 0 Å². The van der Waals surface area contributed by atoms with Crippen LogP contribution in [-0.2, 0) is 26.8 Å². The Labute approximate surface area is 238 Å². The number of rotatable bonds is 6. The van der Waals surface area contributed by atoms with Crippen LogP contribution in [0.1, 0.15) is 36.8 Å². The Hall–Kier alpha value is -2.91. The zero-order chi connectivity index (χ0) is 31.3. The van der Waals surface area contributed by atoms with Gasteiger partial charge in [0.1, 0.15) is 5.82 Å². The van der Waals surface area contributed by atoms with E-state index < -0.39 is 45.4 Å². The zero-order valence-corrected chi connectivity index (χ0v) is 23.5. The molecule has 1 atom stereocenters. The summed E-state index contributed by atoms with van der Waals surface area (Å²) in [4.78, 5) is 16.5. The Balaban J connectivity index is 1.74. The number of anilines is 1. The van der Waals surface area contributed by atoms with Gasteiger partial charge in [0.15, 0.2) is 0 Å². The number of carbonyl (C=O) groups excluding carboxylic acids is 1. The van der Waals surface area contributed by atoms with Crippen molar-refractivity contribution in [2.45, 2.75) is 67.0 Å². The molecular weight excluding hydrogens is 595 g/mol. The van der Waals surface area contributed by atoms with Crippen molar-refractivity contribution in [3.8, 4) is 0 Å². The molecule has 0 spiro atoms. The quantitative estimate of drug-likeness (QED) is 0.476. The third kappa shape index (κ3) is 5.82. The number of carbonyl (C=O) groups is 1. The van der Waals surface area contributed by atoms with Crippen molar-refractivity contribution in [1.29, 1.82) is 0 Å². The predicted octanol–water partition coefficient (Wildman–Crippen LogP) is 4.59. The fourth-order valence-electron chi connectivity index (χ4n) is 5.54. The zero-order valence-electron chi connectivity index (χ0n) is 22.7. The van der Waals surface area contributed by atoms with Crippen LogP contribution in [0, 0.1) is 5.82 Å². The smallest absolute Gasteiger partial charge is 0.369 e. The fourth-order valence-corrected chi connectivity index (χ4v) is 7.26. The lowest BCUT2D eigenvalue weighted by atomic mass is 9.87. The maximum absolute atomic E-state index is 13.8. The number of likely N-dealkylation sites (tertiary alicyclic amines) is 1. The number of fused-ring (bicyclic) bond motifs is 1. The highest BCUT2D eigenvalue weighted by molar-refractivity contribution is 7.92. The fraction of sp³-hybridized carbons (Fsp3) is 0.519. The Morgan fingerprint density at radius 3 is 2.05 bits per heavy atom. The number of hydrogen-bond donors (Lipinski definition) is 1. The second-order valence-corrected chi connectivity index (χ2v) is 12.6. The van der Waals surface area contributed by atoms with Gasteiger partial charge < -0.3 is 14.9 Å². The molecule has 2 aromatic carbocycles. The van der Waals surface area contributed by atoms with E-state index in [4.69, 9.17) is 0 Å². The van der Waals surface area contributed by atoms with Gasteiger partial charge in [-0.1, -0.05) is 12.1 Å². The van der Waals surface area contributed by atoms with Gasteiger partial charge in [-0.05, 0) is 75.7 Å². The van der Waals surface area contributed by atoms with Gasteiger partial charge in [-0.3, -0.25) is 9.10 Å². The van der Waals surface area contributed by atoms with Crippen LogP contribution < -0.4 is 4.31 Å². The second-order valence-electron chi connectivity index (χ2n) is 10.8. The lowest BCUT2D eigenvalue weighted by Gasteiger charge is -2.40. The summed E-state index contributed by atoms with van der Waals surface area (Å²) in [5.41, 5.74) is -7.13. The van der Waals surface area contributed by atoms with Crippen molar-refractivity contribution in [3.63, 3.8) is 0 Å². The first-order chi connectivity index (χ1) is 19.4. The molecule has 0 aliphatic carbocycles. The van der Waals surface area contributed by atoms with Gasteiger partial charge >= 0.3 is 12.4 Å². The van der Waals surface area contributed by atoms with Crippen LogP contribution in [-0.4, -0.2) is 80.9 Å². The molecule has 42 heavy (non-hydrogen) atoms. The summed E-state index contributed by atoms with van der Waals surface area (Å²) in [5.74, 6) is -1.08. The summed E-state index contributed by atoms with van der Waals surface area (Å²) in [6.45, 7) is 0.874. The number of nitrogens with zero attached hydrogens (tertiary/aromatic N) is 3. The largest absolute Gasteiger partial charge is 0.430 e. The average molecular weight is 626 g/mol. The van der Waals surface area contributed by atoms with Crippen LogP contribution in [0.2, 0.25) is 0 Å². The van der Waals surface area contributed by atoms with Crippen LogP contribution in [0.3, 0.4) is 0 Å². The van der Waals surface area contributed by atoms with Crippen molar-refractivity contribution in [2.75, 3.05) is 31.5 Å². The van der Waals surface area contributed by atoms with E-state index in [2.05, 4.69) is 0 Å². The minimum absolute atomic E-state index is 0.104. The van der Waals surface area contributed by atoms with Gasteiger partial charge in [-0.15, -0.1) is 0 Å². The van der Waals surface area contributed by atoms with Crippen LogP contribution >= 0.6 is 0 Å². The van der Waals surface area contributed by atoms with Crippen molar-refractivity contribution in [1.82, 2.24) is 9.80 Å². The van der Waals surface area contributed by atoms with Crippen LogP contribution in [0.4, 0.5) is 36.4 Å². The minimum Gasteiger partial charge on any atom is -0.369 e. The van der Waals surface area contributed by atoms with Crippen molar-refractivity contribution in [2.24, 2.45) is 0 Å². The number of halogens is 7. The lowest BCUT2D eigenvalue weighted by Crippen LogP contribution is -2.54. The number of alkyl halides is 6. The van der Waals surface area contributed by atoms with E-state index in [0.717, 1.165) is 34.6 Å². The number of benzene rings is 2. The van der Waals surface area contributed by atoms with Crippen molar-refractivity contribution < 1.29 is 49.1 Å². The normalized spacial score (nSPS) is 19.3. The standard InChI is InChI=1S/C27H30F7N3O4S/c1-35(2)20-11-13-36(14-12-20)24(38)16-21-7-3-17-15-18(25(39,26(29,30)31)27(32,33)34)4-10-23(17)37(21)42(40,41)22-8-5-19(28)6-9-22/h4-6,8-10,15,20-21,39H,3,7,11-14,16H2,1-2H3/t21-/m0/s1. The van der Waals surface area contributed by atoms with E-state index in [9.17, 15) is 49.1 Å². The molecule has 1 N–H and O–H groups in total. The van der Waals surface area contributed by atoms with Gasteiger partial charge in [0, 0.05) is 31.1 Å². The second kappa shape index (κ2) is 11.3. The molecule has 0 unspecified atom stereocenters. The number of piperidine rings is 1. The molecule has 2 aliphatic rings. The first-order valence-corrected chi connectivity index (χ1v) is 14.6. The summed E-state index contributed by atoms with van der Waals surface area (Å²) in [5, 5.41) is 9.88. The van der Waals surface area contributed by atoms with E-state index in [1.807, 2.05) is 19.0 Å². The maximum Gasteiger partial charge on any atom is 0.430 e. The number of amides is 1. The average Bonchev–Trinajstić information content (AvgIpc) is 2.91. The van der Waals surface area contributed by atoms with Crippen molar-refractivity contribution in [3.05, 3.63) is 59.4 Å². The monoisotopic (exact) mass is 625 g/mol. The molecule has 1 saturated heterocycles. The molecule has 0 aromatic heterocycles. The third-order valence-corrected chi connectivity index (χ3v) is 9.84. The molecule has 7 nitrogen and oxygen atoms in total. The molecule has 1 fully saturated rings. The molecule has 2 aromatic rings. The highest BCUT2D eigenvalue weighted by Crippen LogP contribution is 2.51. The first-order valence-electron chi connectivity index (χ1n) is 13.1. The van der Waals surface area contributed by atoms with Crippen LogP contribution in [0.25, 0.3) is 0 Å². The van der Waals surface area contributed by atoms with Gasteiger partial charge in [-0.25, -0.2) is 12.8 Å². The molecule has 2 heterocycles. The lowest BCUT2D eigenvalue weighted by molar-refractivity contribution is -0.376. The van der Waals surface area contributed by atoms with Crippen molar-refractivity contribution >= 4 is 21.6 Å². The van der Waals surface area contributed by atoms with E-state index in [0.29, 0.717) is 38.1 Å². The van der Waals surface area contributed by atoms with E-state index >= 15 is 0 Å². The SMILES string of the molecule is CN(C)C1CCN(C(=O)C[C@@H]2CCc3cc(C(O)(C(F)(F)F)C(F)(F)F)ccc3N2S(=O)(=O)c2ccc(F)cc2)CC1. The summed E-state index contributed by atoms with van der Waals surface area (Å²) >= 11 is 0. The van der Waals surface area contributed by atoms with Gasteiger partial charge in [0.2, 0.25) is 5.91 Å². The summed E-state index contributed by atoms with van der Waals surface area (Å²) in [6, 6.07) is 4.62. The number of aliphatic hydroxyl groups is 1. The van der Waals surface area contributed by atoms with Gasteiger partial charge in [0.25, 0.3) is 15.6 Å². The number of hydrogen-bond acceptors (Lipinski definition) is 5. The Kier molecular flexibility index (Phi) is 8.61. The van der Waals surface area contributed by atoms with Crippen LogP contribution in [0.5, 0.6) is 0 Å². The third-order valence-electron chi connectivity index (χ3n) is 7.96. The Bertz CT molecular complexity index is 1390. The molecule has 1 amide bonds. The molecule has 232 valence electrons. The van der Waals surface area contributed by atoms with Gasteiger partial charge in [0.05, 0.1) is 16.6 Å². The van der Waals surface area contributed by atoms with E-state index in [-0.39, 0.29) is 47.4 Å². The first kappa shape index (κ1) is 32.0. The summed E-state index contributed by atoms with van der Waals surface area (Å²) < 4.78 is 123. The molecule has 0 radical (unpaired) electrons. The molecular formula is C27H30F7N3O4S. The maximum atomic E-state index is 13.8. The number of sulfonamides is 1. The highest BCUT2D eigenvalue weighted by Gasteiger charge is 2.71. The summed E-state index contributed by atoms with van der Waals surface area (Å²) in [6.07, 6.45) is -11.4. The minimum atomic E-state index is -6.12. The Morgan fingerprint density at radius 2 is 1.52 bits per heavy atom. The molecule has 4 rings (SSSR count). The molecule has 15 heteroatoms. The molecule has 2 aliphatic heterocycles. The predicted molar refractivity (Wildman–Crippen MR) is 139 cm³/mol. The molecule has 0 bridgehead atoms.